The molecule has 1 atom stereocenters. The predicted octanol–water partition coefficient (Wildman–Crippen LogP) is 2.67. The van der Waals surface area contributed by atoms with Gasteiger partial charge in [-0.3, -0.25) is 0 Å². The molecule has 1 rings (SSSR count). The molecule has 0 saturated carbocycles. The Labute approximate surface area is 134 Å². The summed E-state index contributed by atoms with van der Waals surface area (Å²) in [6.45, 7) is -0.734. The van der Waals surface area contributed by atoms with Crippen LogP contribution in [0, 0.1) is 0 Å². The number of hydrogen-bond donors (Lipinski definition) is 0. The van der Waals surface area contributed by atoms with Crippen LogP contribution in [0.15, 0.2) is 35.4 Å². The number of hydrogen-bond acceptors (Lipinski definition) is 6. The Balaban J connectivity index is 2.80. The Morgan fingerprint density at radius 1 is 1.29 bits per heavy atom. The number of benzene rings is 1. The quantitative estimate of drug-likeness (QED) is 0.175. The van der Waals surface area contributed by atoms with Gasteiger partial charge < -0.3 is 4.74 Å². The van der Waals surface area contributed by atoms with Crippen molar-refractivity contribution in [3.63, 3.8) is 0 Å². The normalized spacial score (nSPS) is 13.0. The molecule has 1 aromatic carbocycles. The maximum atomic E-state index is 12.3. The first-order chi connectivity index (χ1) is 11.2. The van der Waals surface area contributed by atoms with E-state index in [0.29, 0.717) is 5.56 Å². The topological polar surface area (TPSA) is 118 Å². The van der Waals surface area contributed by atoms with E-state index in [1.807, 2.05) is 0 Å². The standard InChI is InChI=1S/C12H12F3N3O5S/c13-12(14,15)24(20,21)23-10(6-7-17-18-16)11(19)22-8-9-4-2-1-3-5-9/h1-5,10H,6-8H2/t10-/m1/s1. The Morgan fingerprint density at radius 3 is 2.46 bits per heavy atom. The molecule has 0 aliphatic rings. The van der Waals surface area contributed by atoms with E-state index in [9.17, 15) is 26.4 Å². The van der Waals surface area contributed by atoms with E-state index in [4.69, 9.17) is 10.3 Å². The van der Waals surface area contributed by atoms with Gasteiger partial charge in [0.2, 0.25) is 0 Å². The number of esters is 1. The summed E-state index contributed by atoms with van der Waals surface area (Å²) < 4.78 is 67.7. The molecule has 0 saturated heterocycles. The second kappa shape index (κ2) is 8.52. The third kappa shape index (κ3) is 6.07. The van der Waals surface area contributed by atoms with Gasteiger partial charge in [0.05, 0.1) is 0 Å². The van der Waals surface area contributed by atoms with Crippen molar-refractivity contribution in [1.82, 2.24) is 0 Å². The fourth-order valence-electron chi connectivity index (χ4n) is 1.45. The summed E-state index contributed by atoms with van der Waals surface area (Å²) in [5.41, 5.74) is 2.98. The molecule has 0 N–H and O–H groups in total. The summed E-state index contributed by atoms with van der Waals surface area (Å²) in [5, 5.41) is 3.02. The molecular formula is C12H12F3N3O5S. The number of nitrogens with zero attached hydrogens (tertiary/aromatic N) is 3. The van der Waals surface area contributed by atoms with Crippen molar-refractivity contribution < 1.29 is 35.3 Å². The fraction of sp³-hybridized carbons (Fsp3) is 0.417. The zero-order valence-electron chi connectivity index (χ0n) is 12.0. The second-order valence-corrected chi connectivity index (χ2v) is 5.88. The van der Waals surface area contributed by atoms with Crippen LogP contribution in [-0.2, 0) is 30.4 Å². The number of azide groups is 1. The van der Waals surface area contributed by atoms with Crippen LogP contribution in [0.25, 0.3) is 10.4 Å². The van der Waals surface area contributed by atoms with Crippen molar-refractivity contribution in [3.05, 3.63) is 46.3 Å². The lowest BCUT2D eigenvalue weighted by Crippen LogP contribution is -2.35. The Morgan fingerprint density at radius 2 is 1.92 bits per heavy atom. The second-order valence-electron chi connectivity index (χ2n) is 4.32. The third-order valence-corrected chi connectivity index (χ3v) is 3.62. The van der Waals surface area contributed by atoms with E-state index in [-0.39, 0.29) is 6.61 Å². The van der Waals surface area contributed by atoms with Crippen LogP contribution in [0.1, 0.15) is 12.0 Å². The highest BCUT2D eigenvalue weighted by atomic mass is 32.2. The summed E-state index contributed by atoms with van der Waals surface area (Å²) in [6, 6.07) is 8.18. The molecule has 1 aromatic rings. The SMILES string of the molecule is [N-]=[N+]=NCC[C@@H](OS(=O)(=O)C(F)(F)F)C(=O)OCc1ccccc1. The van der Waals surface area contributed by atoms with Gasteiger partial charge in [-0.1, -0.05) is 35.4 Å². The highest BCUT2D eigenvalue weighted by Crippen LogP contribution is 2.26. The lowest BCUT2D eigenvalue weighted by molar-refractivity contribution is -0.154. The van der Waals surface area contributed by atoms with Gasteiger partial charge in [0, 0.05) is 11.5 Å². The highest BCUT2D eigenvalue weighted by molar-refractivity contribution is 7.87. The highest BCUT2D eigenvalue weighted by Gasteiger charge is 2.49. The lowest BCUT2D eigenvalue weighted by Gasteiger charge is -2.17. The van der Waals surface area contributed by atoms with Crippen LogP contribution < -0.4 is 0 Å². The van der Waals surface area contributed by atoms with Crippen molar-refractivity contribution in [2.24, 2.45) is 5.11 Å². The summed E-state index contributed by atoms with van der Waals surface area (Å²) in [7, 11) is -6.00. The van der Waals surface area contributed by atoms with Gasteiger partial charge in [-0.25, -0.2) is 8.98 Å². The Bertz CT molecular complexity index is 702. The van der Waals surface area contributed by atoms with Crippen molar-refractivity contribution in [2.75, 3.05) is 6.54 Å². The van der Waals surface area contributed by atoms with Crippen LogP contribution in [0.4, 0.5) is 13.2 Å². The zero-order chi connectivity index (χ0) is 18.2. The molecule has 12 heteroatoms. The van der Waals surface area contributed by atoms with E-state index in [2.05, 4.69) is 14.2 Å². The van der Waals surface area contributed by atoms with Crippen molar-refractivity contribution in [2.45, 2.75) is 24.6 Å². The van der Waals surface area contributed by atoms with Crippen LogP contribution >= 0.6 is 0 Å². The number of ether oxygens (including phenoxy) is 1. The van der Waals surface area contributed by atoms with Crippen LogP contribution in [0.5, 0.6) is 0 Å². The van der Waals surface area contributed by atoms with E-state index in [0.717, 1.165) is 0 Å². The summed E-state index contributed by atoms with van der Waals surface area (Å²) in [5.74, 6) is -1.32. The minimum Gasteiger partial charge on any atom is -0.459 e. The molecule has 24 heavy (non-hydrogen) atoms. The van der Waals surface area contributed by atoms with Gasteiger partial charge >= 0.3 is 21.6 Å². The van der Waals surface area contributed by atoms with Gasteiger partial charge in [-0.15, -0.1) is 0 Å². The van der Waals surface area contributed by atoms with E-state index < -0.39 is 40.7 Å². The largest absolute Gasteiger partial charge is 0.523 e. The monoisotopic (exact) mass is 367 g/mol. The summed E-state index contributed by atoms with van der Waals surface area (Å²) in [4.78, 5) is 14.2. The average Bonchev–Trinajstić information content (AvgIpc) is 2.51. The van der Waals surface area contributed by atoms with Gasteiger partial charge in [-0.05, 0) is 17.5 Å². The third-order valence-electron chi connectivity index (χ3n) is 2.57. The molecule has 8 nitrogen and oxygen atoms in total. The van der Waals surface area contributed by atoms with Crippen LogP contribution in [-0.4, -0.2) is 32.5 Å². The molecule has 0 fully saturated rings. The zero-order valence-corrected chi connectivity index (χ0v) is 12.8. The van der Waals surface area contributed by atoms with E-state index in [1.54, 1.807) is 30.3 Å². The van der Waals surface area contributed by atoms with Crippen molar-refractivity contribution in [3.8, 4) is 0 Å². The smallest absolute Gasteiger partial charge is 0.459 e. The van der Waals surface area contributed by atoms with E-state index in [1.165, 1.54) is 0 Å². The predicted molar refractivity (Wildman–Crippen MR) is 74.7 cm³/mol. The fourth-order valence-corrected chi connectivity index (χ4v) is 2.04. The lowest BCUT2D eigenvalue weighted by atomic mass is 10.2. The molecule has 0 aliphatic heterocycles. The van der Waals surface area contributed by atoms with Gasteiger partial charge in [-0.2, -0.15) is 21.6 Å². The van der Waals surface area contributed by atoms with E-state index >= 15 is 0 Å². The molecule has 0 amide bonds. The maximum Gasteiger partial charge on any atom is 0.523 e. The maximum absolute atomic E-state index is 12.3. The first kappa shape index (κ1) is 19.7. The number of alkyl halides is 3. The number of carbonyl (C=O) groups excluding carboxylic acids is 1. The molecule has 0 aromatic heterocycles. The minimum absolute atomic E-state index is 0.285. The van der Waals surface area contributed by atoms with Crippen molar-refractivity contribution in [1.29, 1.82) is 0 Å². The molecule has 0 spiro atoms. The molecule has 132 valence electrons. The summed E-state index contributed by atoms with van der Waals surface area (Å²) >= 11 is 0. The Hall–Kier alpha value is -2.30. The molecule has 0 heterocycles. The number of rotatable bonds is 8. The molecule has 0 radical (unpaired) electrons. The van der Waals surface area contributed by atoms with Gasteiger partial charge in [0.1, 0.15) is 6.61 Å². The van der Waals surface area contributed by atoms with Crippen LogP contribution in [0.3, 0.4) is 0 Å². The average molecular weight is 367 g/mol. The van der Waals surface area contributed by atoms with Crippen molar-refractivity contribution >= 4 is 16.1 Å². The number of carbonyl (C=O) groups is 1. The van der Waals surface area contributed by atoms with Gasteiger partial charge in [0.15, 0.2) is 6.10 Å². The van der Waals surface area contributed by atoms with Crippen LogP contribution in [0.2, 0.25) is 0 Å². The molecule has 0 bridgehead atoms. The Kier molecular flexibility index (Phi) is 7.01. The molecular weight excluding hydrogens is 355 g/mol. The molecule has 0 aliphatic carbocycles. The first-order valence-electron chi connectivity index (χ1n) is 6.38. The van der Waals surface area contributed by atoms with Gasteiger partial charge in [0.25, 0.3) is 0 Å². The minimum atomic E-state index is -6.00. The first-order valence-corrected chi connectivity index (χ1v) is 7.79. The summed E-state index contributed by atoms with van der Waals surface area (Å²) in [6.07, 6.45) is -2.67. The molecule has 0 unspecified atom stereocenters. The number of halogens is 3.